The number of aliphatic carboxylic acids is 1. The van der Waals surface area contributed by atoms with Gasteiger partial charge in [0.1, 0.15) is 5.60 Å². The predicted octanol–water partition coefficient (Wildman–Crippen LogP) is 0.304. The van der Waals surface area contributed by atoms with E-state index in [1.54, 1.807) is 20.8 Å². The molecule has 7 heteroatoms. The zero-order valence-electron chi connectivity index (χ0n) is 11.1. The molecule has 0 aliphatic carbocycles. The van der Waals surface area contributed by atoms with Crippen molar-refractivity contribution < 1.29 is 29.3 Å². The summed E-state index contributed by atoms with van der Waals surface area (Å²) in [7, 11) is 0. The maximum Gasteiger partial charge on any atom is 0.408 e. The molecule has 0 spiro atoms. The summed E-state index contributed by atoms with van der Waals surface area (Å²) in [4.78, 5) is 33.6. The lowest BCUT2D eigenvalue weighted by molar-refractivity contribution is -0.164. The number of ether oxygens (including phenoxy) is 1. The molecule has 0 aromatic carbocycles. The van der Waals surface area contributed by atoms with Gasteiger partial charge in [-0.2, -0.15) is 0 Å². The highest BCUT2D eigenvalue weighted by Crippen LogP contribution is 2.10. The number of Topliss-reactive ketones (excluding diaryl/α,β-unsaturated/α-hetero) is 1. The van der Waals surface area contributed by atoms with Crippen molar-refractivity contribution in [3.63, 3.8) is 0 Å². The Morgan fingerprint density at radius 2 is 1.61 bits per heavy atom. The van der Waals surface area contributed by atoms with E-state index in [4.69, 9.17) is 9.84 Å². The number of hydrogen-bond acceptors (Lipinski definition) is 5. The third kappa shape index (κ3) is 4.70. The maximum atomic E-state index is 11.6. The molecule has 0 rings (SSSR count). The number of carbonyl (C=O) groups excluding carboxylic acids is 2. The highest BCUT2D eigenvalue weighted by atomic mass is 16.6. The summed E-state index contributed by atoms with van der Waals surface area (Å²) in [6.07, 6.45) is -0.857. The van der Waals surface area contributed by atoms with Gasteiger partial charge in [-0.3, -0.25) is 4.79 Å². The van der Waals surface area contributed by atoms with Crippen molar-refractivity contribution in [2.45, 2.75) is 51.9 Å². The van der Waals surface area contributed by atoms with Crippen molar-refractivity contribution in [3.8, 4) is 0 Å². The van der Waals surface area contributed by atoms with Crippen LogP contribution in [-0.4, -0.2) is 45.3 Å². The first-order valence-electron chi connectivity index (χ1n) is 5.37. The molecule has 0 aromatic rings. The number of carboxylic acids is 1. The Morgan fingerprint density at radius 3 is 1.94 bits per heavy atom. The van der Waals surface area contributed by atoms with Gasteiger partial charge in [0.25, 0.3) is 0 Å². The summed E-state index contributed by atoms with van der Waals surface area (Å²) in [6.45, 7) is 7.06. The minimum atomic E-state index is -2.55. The van der Waals surface area contributed by atoms with E-state index in [0.29, 0.717) is 0 Å². The van der Waals surface area contributed by atoms with Gasteiger partial charge < -0.3 is 20.3 Å². The Morgan fingerprint density at radius 1 is 1.17 bits per heavy atom. The first-order chi connectivity index (χ1) is 7.88. The number of ketones is 1. The Hall–Kier alpha value is -1.63. The molecule has 0 fully saturated rings. The minimum Gasteiger partial charge on any atom is -0.479 e. The average molecular weight is 261 g/mol. The average Bonchev–Trinajstić information content (AvgIpc) is 2.12. The smallest absolute Gasteiger partial charge is 0.408 e. The van der Waals surface area contributed by atoms with Crippen molar-refractivity contribution in [2.24, 2.45) is 0 Å². The van der Waals surface area contributed by atoms with Gasteiger partial charge in [0.15, 0.2) is 5.78 Å². The highest BCUT2D eigenvalue weighted by molar-refractivity contribution is 6.08. The van der Waals surface area contributed by atoms with Crippen molar-refractivity contribution in [1.29, 1.82) is 0 Å². The van der Waals surface area contributed by atoms with Crippen molar-refractivity contribution in [2.75, 3.05) is 0 Å². The van der Waals surface area contributed by atoms with Gasteiger partial charge >= 0.3 is 12.1 Å². The van der Waals surface area contributed by atoms with Gasteiger partial charge in [0.2, 0.25) is 5.60 Å². The van der Waals surface area contributed by atoms with Crippen LogP contribution in [0.5, 0.6) is 0 Å². The molecule has 3 N–H and O–H groups in total. The Labute approximate surface area is 105 Å². The lowest BCUT2D eigenvalue weighted by Crippen LogP contribution is -2.53. The first-order valence-corrected chi connectivity index (χ1v) is 5.37. The number of nitrogens with one attached hydrogen (secondary N) is 1. The summed E-state index contributed by atoms with van der Waals surface area (Å²) in [5.74, 6) is -2.70. The van der Waals surface area contributed by atoms with Crippen LogP contribution < -0.4 is 5.32 Å². The zero-order valence-corrected chi connectivity index (χ0v) is 11.1. The topological polar surface area (TPSA) is 113 Å². The number of carboxylic acid groups (broad SMARTS) is 1. The van der Waals surface area contributed by atoms with E-state index < -0.39 is 35.1 Å². The molecule has 0 saturated carbocycles. The molecule has 1 amide bonds. The van der Waals surface area contributed by atoms with E-state index in [1.165, 1.54) is 6.92 Å². The SMILES string of the molecule is C[C@H](NC(=O)OC(C)(C)C)C(=O)[C@@](C)(O)C(=O)O. The molecule has 0 heterocycles. The lowest BCUT2D eigenvalue weighted by atomic mass is 9.96. The molecule has 0 unspecified atom stereocenters. The van der Waals surface area contributed by atoms with Crippen LogP contribution >= 0.6 is 0 Å². The van der Waals surface area contributed by atoms with Crippen molar-refractivity contribution in [1.82, 2.24) is 5.32 Å². The van der Waals surface area contributed by atoms with Crippen LogP contribution in [0.4, 0.5) is 4.79 Å². The fraction of sp³-hybridized carbons (Fsp3) is 0.727. The molecular formula is C11H19NO6. The molecular weight excluding hydrogens is 242 g/mol. The second-order valence-corrected chi connectivity index (χ2v) is 5.11. The van der Waals surface area contributed by atoms with Crippen molar-refractivity contribution >= 4 is 17.8 Å². The summed E-state index contributed by atoms with van der Waals surface area (Å²) >= 11 is 0. The molecule has 0 radical (unpaired) electrons. The van der Waals surface area contributed by atoms with Gasteiger partial charge in [-0.15, -0.1) is 0 Å². The highest BCUT2D eigenvalue weighted by Gasteiger charge is 2.42. The van der Waals surface area contributed by atoms with E-state index in [2.05, 4.69) is 5.32 Å². The largest absolute Gasteiger partial charge is 0.479 e. The summed E-state index contributed by atoms with van der Waals surface area (Å²) in [5.41, 5.74) is -3.28. The van der Waals surface area contributed by atoms with Crippen LogP contribution in [0.2, 0.25) is 0 Å². The first kappa shape index (κ1) is 16.4. The molecule has 7 nitrogen and oxygen atoms in total. The molecule has 2 atom stereocenters. The summed E-state index contributed by atoms with van der Waals surface area (Å²) < 4.78 is 4.90. The van der Waals surface area contributed by atoms with Gasteiger partial charge in [0.05, 0.1) is 6.04 Å². The van der Waals surface area contributed by atoms with Gasteiger partial charge in [-0.05, 0) is 34.6 Å². The zero-order chi connectivity index (χ0) is 14.7. The monoisotopic (exact) mass is 261 g/mol. The van der Waals surface area contributed by atoms with Gasteiger partial charge in [0, 0.05) is 0 Å². The lowest BCUT2D eigenvalue weighted by Gasteiger charge is -2.24. The standard InChI is InChI=1S/C11H19NO6/c1-6(7(13)11(5,17)8(14)15)12-9(16)18-10(2,3)4/h6,17H,1-5H3,(H,12,16)(H,14,15)/t6-,11+/m0/s1. The summed E-state index contributed by atoms with van der Waals surface area (Å²) in [5, 5.41) is 20.3. The minimum absolute atomic E-state index is 0.734. The normalized spacial score (nSPS) is 16.3. The number of carbonyl (C=O) groups is 3. The fourth-order valence-electron chi connectivity index (χ4n) is 1.08. The number of aliphatic hydroxyl groups is 1. The van der Waals surface area contributed by atoms with Crippen molar-refractivity contribution in [3.05, 3.63) is 0 Å². The van der Waals surface area contributed by atoms with Crippen LogP contribution in [0.3, 0.4) is 0 Å². The number of rotatable bonds is 4. The van der Waals surface area contributed by atoms with Gasteiger partial charge in [-0.25, -0.2) is 9.59 Å². The second kappa shape index (κ2) is 5.34. The van der Waals surface area contributed by atoms with Crippen LogP contribution in [0.25, 0.3) is 0 Å². The molecule has 0 saturated heterocycles. The molecule has 0 aliphatic rings. The van der Waals surface area contributed by atoms with E-state index in [0.717, 1.165) is 6.92 Å². The van der Waals surface area contributed by atoms with Crippen LogP contribution in [-0.2, 0) is 14.3 Å². The van der Waals surface area contributed by atoms with Crippen LogP contribution in [0.15, 0.2) is 0 Å². The fourth-order valence-corrected chi connectivity index (χ4v) is 1.08. The Bertz CT molecular complexity index is 355. The third-order valence-corrected chi connectivity index (χ3v) is 2.02. The molecule has 0 bridgehead atoms. The molecule has 18 heavy (non-hydrogen) atoms. The Balaban J connectivity index is 4.60. The van der Waals surface area contributed by atoms with Gasteiger partial charge in [-0.1, -0.05) is 0 Å². The summed E-state index contributed by atoms with van der Waals surface area (Å²) in [6, 6.07) is -1.18. The Kier molecular flexibility index (Phi) is 4.86. The van der Waals surface area contributed by atoms with E-state index in [-0.39, 0.29) is 0 Å². The molecule has 0 aromatic heterocycles. The van der Waals surface area contributed by atoms with Crippen LogP contribution in [0.1, 0.15) is 34.6 Å². The number of alkyl carbamates (subject to hydrolysis) is 1. The third-order valence-electron chi connectivity index (χ3n) is 2.02. The van der Waals surface area contributed by atoms with E-state index in [1.807, 2.05) is 0 Å². The predicted molar refractivity (Wildman–Crippen MR) is 62.1 cm³/mol. The second-order valence-electron chi connectivity index (χ2n) is 5.11. The maximum absolute atomic E-state index is 11.6. The quantitative estimate of drug-likeness (QED) is 0.627. The number of amides is 1. The molecule has 104 valence electrons. The molecule has 0 aliphatic heterocycles. The van der Waals surface area contributed by atoms with E-state index in [9.17, 15) is 19.5 Å². The number of hydrogen-bond donors (Lipinski definition) is 3. The van der Waals surface area contributed by atoms with Crippen LogP contribution in [0, 0.1) is 0 Å². The van der Waals surface area contributed by atoms with E-state index >= 15 is 0 Å².